The molecule has 0 aliphatic heterocycles. The van der Waals surface area contributed by atoms with Crippen LogP contribution in [0.3, 0.4) is 0 Å². The van der Waals surface area contributed by atoms with Crippen molar-refractivity contribution in [2.24, 2.45) is 16.7 Å². The van der Waals surface area contributed by atoms with Gasteiger partial charge in [-0.2, -0.15) is 0 Å². The van der Waals surface area contributed by atoms with Crippen molar-refractivity contribution in [3.05, 3.63) is 59.7 Å². The molecule has 6 nitrogen and oxygen atoms in total. The number of hydrogen-bond acceptors (Lipinski definition) is 6. The SMILES string of the molecule is CC12CCC(C(=O)C1=O)C2(C)C.C[CH2][Ge]([CH2]C)([C](=O)c1ccc(OC)cc1)[C](=O)c1ccc(OC)cc1. The van der Waals surface area contributed by atoms with Gasteiger partial charge in [0.15, 0.2) is 0 Å². The van der Waals surface area contributed by atoms with Gasteiger partial charge in [0, 0.05) is 11.3 Å². The topological polar surface area (TPSA) is 86.7 Å². The molecule has 0 spiro atoms. The summed E-state index contributed by atoms with van der Waals surface area (Å²) in [7, 11) is 3.18. The summed E-state index contributed by atoms with van der Waals surface area (Å²) >= 11 is -3.47. The summed E-state index contributed by atoms with van der Waals surface area (Å²) in [5.41, 5.74) is 0.758. The van der Waals surface area contributed by atoms with Crippen LogP contribution in [-0.4, -0.2) is 48.3 Å². The van der Waals surface area contributed by atoms with Crippen LogP contribution in [-0.2, 0) is 9.59 Å². The molecule has 2 unspecified atom stereocenters. The monoisotopic (exact) mass is 568 g/mol. The molecule has 0 heterocycles. The third-order valence-corrected chi connectivity index (χ3v) is 19.0. The van der Waals surface area contributed by atoms with E-state index in [2.05, 4.69) is 0 Å². The number of ether oxygens (including phenoxy) is 2. The molecule has 2 bridgehead atoms. The minimum atomic E-state index is -3.47. The number of carbonyl (C=O) groups excluding carboxylic acids is 4. The summed E-state index contributed by atoms with van der Waals surface area (Å²) in [6, 6.07) is 14.1. The van der Waals surface area contributed by atoms with Crippen molar-refractivity contribution < 1.29 is 28.7 Å². The van der Waals surface area contributed by atoms with Gasteiger partial charge < -0.3 is 0 Å². The van der Waals surface area contributed by atoms with E-state index in [1.165, 1.54) is 0 Å². The molecule has 2 aromatic carbocycles. The molecule has 0 N–H and O–H groups in total. The molecule has 0 radical (unpaired) electrons. The average molecular weight is 567 g/mol. The first-order chi connectivity index (χ1) is 17.4. The molecular weight excluding hydrogens is 529 g/mol. The predicted molar refractivity (Wildman–Crippen MR) is 146 cm³/mol. The van der Waals surface area contributed by atoms with Gasteiger partial charge in [-0.3, -0.25) is 9.59 Å². The van der Waals surface area contributed by atoms with Crippen LogP contribution in [0.25, 0.3) is 0 Å². The van der Waals surface area contributed by atoms with E-state index in [9.17, 15) is 19.2 Å². The fourth-order valence-electron chi connectivity index (χ4n) is 5.83. The zero-order valence-electron chi connectivity index (χ0n) is 23.0. The summed E-state index contributed by atoms with van der Waals surface area (Å²) in [6.07, 6.45) is 1.81. The third kappa shape index (κ3) is 4.80. The molecule has 2 aromatic rings. The van der Waals surface area contributed by atoms with Crippen LogP contribution in [0.4, 0.5) is 0 Å². The Morgan fingerprint density at radius 2 is 1.22 bits per heavy atom. The maximum atomic E-state index is 13.3. The fraction of sp³-hybridized carbons (Fsp3) is 0.467. The van der Waals surface area contributed by atoms with Gasteiger partial charge in [0.2, 0.25) is 11.6 Å². The van der Waals surface area contributed by atoms with E-state index < -0.39 is 13.3 Å². The fourth-order valence-corrected chi connectivity index (χ4v) is 13.0. The van der Waals surface area contributed by atoms with Gasteiger partial charge in [-0.25, -0.2) is 0 Å². The van der Waals surface area contributed by atoms with Gasteiger partial charge in [-0.15, -0.1) is 0 Å². The molecule has 37 heavy (non-hydrogen) atoms. The molecular formula is C30H38GeO6. The number of fused-ring (bicyclic) bond motifs is 2. The molecule has 2 fully saturated rings. The van der Waals surface area contributed by atoms with E-state index >= 15 is 0 Å². The zero-order valence-corrected chi connectivity index (χ0v) is 25.1. The number of methoxy groups -OCH3 is 2. The molecule has 0 aromatic heterocycles. The summed E-state index contributed by atoms with van der Waals surface area (Å²) in [6.45, 7) is 9.97. The number of benzene rings is 2. The van der Waals surface area contributed by atoms with Crippen molar-refractivity contribution in [1.82, 2.24) is 0 Å². The van der Waals surface area contributed by atoms with E-state index in [4.69, 9.17) is 9.47 Å². The first-order valence-corrected chi connectivity index (χ1v) is 18.0. The quantitative estimate of drug-likeness (QED) is 0.291. The van der Waals surface area contributed by atoms with Gasteiger partial charge in [-0.05, 0) is 18.3 Å². The van der Waals surface area contributed by atoms with Gasteiger partial charge in [0.1, 0.15) is 0 Å². The Labute approximate surface area is 222 Å². The standard InChI is InChI=1S/C20H24GeO4.C10H14O2/c1-5-21(6-2,19(22)15-7-11-17(24-3)12-8-15)20(23)16-9-13-18(25-4)14-10-16;1-9(2)6-4-5-10(9,3)8(12)7(6)11/h7-14H,5-6H2,1-4H3;6H,4-5H2,1-3H3. The predicted octanol–water partition coefficient (Wildman–Crippen LogP) is 5.92. The molecule has 4 rings (SSSR count). The molecule has 0 amide bonds. The summed E-state index contributed by atoms with van der Waals surface area (Å²) < 4.78 is 10.4. The summed E-state index contributed by atoms with van der Waals surface area (Å²) in [5.74, 6) is 1.17. The van der Waals surface area contributed by atoms with E-state index in [0.717, 1.165) is 12.8 Å². The molecule has 198 valence electrons. The number of hydrogen-bond donors (Lipinski definition) is 0. The Hall–Kier alpha value is -2.74. The molecule has 7 heteroatoms. The van der Waals surface area contributed by atoms with Gasteiger partial charge in [0.05, 0.1) is 0 Å². The van der Waals surface area contributed by atoms with Crippen LogP contribution in [0, 0.1) is 16.7 Å². The average Bonchev–Trinajstić information content (AvgIpc) is 3.23. The van der Waals surface area contributed by atoms with Crippen LogP contribution >= 0.6 is 0 Å². The zero-order chi connectivity index (χ0) is 27.6. The van der Waals surface area contributed by atoms with Crippen LogP contribution < -0.4 is 9.47 Å². The molecule has 2 atom stereocenters. The van der Waals surface area contributed by atoms with Crippen molar-refractivity contribution >= 4 is 34.1 Å². The van der Waals surface area contributed by atoms with E-state index in [1.54, 1.807) is 62.8 Å². The van der Waals surface area contributed by atoms with E-state index in [-0.39, 0.29) is 37.5 Å². The number of carbonyl (C=O) groups is 4. The second kappa shape index (κ2) is 10.9. The second-order valence-electron chi connectivity index (χ2n) is 10.7. The van der Waals surface area contributed by atoms with Crippen molar-refractivity contribution in [3.8, 4) is 11.5 Å². The van der Waals surface area contributed by atoms with Crippen LogP contribution in [0.5, 0.6) is 11.5 Å². The van der Waals surface area contributed by atoms with Crippen molar-refractivity contribution in [1.29, 1.82) is 0 Å². The van der Waals surface area contributed by atoms with E-state index in [0.29, 0.717) is 33.1 Å². The minimum absolute atomic E-state index is 0.00926. The van der Waals surface area contributed by atoms with Crippen molar-refractivity contribution in [3.63, 3.8) is 0 Å². The Kier molecular flexibility index (Phi) is 8.52. The number of Topliss-reactive ketones (excluding diaryl/α,β-unsaturated/α-hetero) is 2. The van der Waals surface area contributed by atoms with Crippen molar-refractivity contribution in [2.75, 3.05) is 14.2 Å². The Morgan fingerprint density at radius 3 is 1.46 bits per heavy atom. The van der Waals surface area contributed by atoms with E-state index in [1.807, 2.05) is 34.6 Å². The first kappa shape index (κ1) is 28.8. The van der Waals surface area contributed by atoms with Gasteiger partial charge in [-0.1, -0.05) is 20.8 Å². The number of rotatable bonds is 8. The Morgan fingerprint density at radius 1 is 0.811 bits per heavy atom. The Bertz CT molecular complexity index is 1120. The maximum absolute atomic E-state index is 13.3. The van der Waals surface area contributed by atoms with Crippen LogP contribution in [0.2, 0.25) is 10.5 Å². The molecule has 2 aliphatic rings. The van der Waals surface area contributed by atoms with Crippen LogP contribution in [0.1, 0.15) is 68.2 Å². The molecule has 2 saturated carbocycles. The summed E-state index contributed by atoms with van der Waals surface area (Å²) in [5, 5.41) is 1.26. The van der Waals surface area contributed by atoms with Crippen molar-refractivity contribution in [2.45, 2.75) is 58.0 Å². The molecule has 2 aliphatic carbocycles. The van der Waals surface area contributed by atoms with Gasteiger partial charge in [0.25, 0.3) is 0 Å². The van der Waals surface area contributed by atoms with Crippen LogP contribution in [0.15, 0.2) is 48.5 Å². The summed E-state index contributed by atoms with van der Waals surface area (Å²) in [4.78, 5) is 49.5. The second-order valence-corrected chi connectivity index (χ2v) is 20.2. The third-order valence-electron chi connectivity index (χ3n) is 9.05. The molecule has 0 saturated heterocycles. The first-order valence-electron chi connectivity index (χ1n) is 12.9. The normalized spacial score (nSPS) is 21.8. The Balaban J connectivity index is 0.000000262. The number of ketones is 2. The van der Waals surface area contributed by atoms with Gasteiger partial charge >= 0.3 is 151 Å².